The van der Waals surface area contributed by atoms with Crippen molar-refractivity contribution in [1.29, 1.82) is 0 Å². The van der Waals surface area contributed by atoms with Crippen molar-refractivity contribution >= 4 is 23.9 Å². The van der Waals surface area contributed by atoms with Crippen molar-refractivity contribution in [3.05, 3.63) is 64.7 Å². The van der Waals surface area contributed by atoms with Crippen molar-refractivity contribution < 1.29 is 23.1 Å². The first-order valence-electron chi connectivity index (χ1n) is 8.59. The van der Waals surface area contributed by atoms with E-state index in [0.717, 1.165) is 0 Å². The smallest absolute Gasteiger partial charge is 0.321 e. The molecule has 0 saturated heterocycles. The summed E-state index contributed by atoms with van der Waals surface area (Å²) < 4.78 is 32.8. The minimum atomic E-state index is -2.78. The molecule has 0 heterocycles. The van der Waals surface area contributed by atoms with Crippen LogP contribution in [0.5, 0.6) is 5.75 Å². The van der Waals surface area contributed by atoms with Gasteiger partial charge in [-0.2, -0.15) is 0 Å². The van der Waals surface area contributed by atoms with E-state index in [4.69, 9.17) is 16.3 Å². The normalized spacial score (nSPS) is 12.7. The number of aldehydes is 1. The molecule has 0 saturated carbocycles. The predicted molar refractivity (Wildman–Crippen MR) is 100 cm³/mol. The third-order valence-electron chi connectivity index (χ3n) is 4.24. The molecule has 0 amide bonds. The number of rotatable bonds is 8. The third-order valence-corrected chi connectivity index (χ3v) is 4.48. The van der Waals surface area contributed by atoms with E-state index in [-0.39, 0.29) is 18.6 Å². The molecule has 144 valence electrons. The molecule has 0 N–H and O–H groups in total. The summed E-state index contributed by atoms with van der Waals surface area (Å²) in [6.07, 6.45) is 0.302. The van der Waals surface area contributed by atoms with Crippen LogP contribution in [-0.2, 0) is 22.4 Å². The maximum absolute atomic E-state index is 13.8. The number of alkyl halides is 2. The molecule has 3 nitrogen and oxygen atoms in total. The molecule has 0 spiro atoms. The van der Waals surface area contributed by atoms with Crippen LogP contribution in [0, 0.1) is 11.8 Å². The molecule has 0 radical (unpaired) electrons. The van der Waals surface area contributed by atoms with Crippen LogP contribution < -0.4 is 4.74 Å². The Bertz CT molecular complexity index is 788. The van der Waals surface area contributed by atoms with Gasteiger partial charge in [-0.1, -0.05) is 55.8 Å². The first kappa shape index (κ1) is 21.0. The number of hydrogen-bond donors (Lipinski definition) is 0. The topological polar surface area (TPSA) is 43.4 Å². The average molecular weight is 395 g/mol. The minimum Gasteiger partial charge on any atom is -0.426 e. The first-order valence-corrected chi connectivity index (χ1v) is 8.97. The highest BCUT2D eigenvalue weighted by Crippen LogP contribution is 2.28. The molecule has 2 aromatic rings. The zero-order chi connectivity index (χ0) is 20.0. The SMILES string of the molecule is CC(C)C(F)(F)Cc1ccc(CC(C=O)C(=O)Oc2cccc(Cl)c2)cc1. The van der Waals surface area contributed by atoms with Gasteiger partial charge < -0.3 is 9.53 Å². The number of carbonyl (C=O) groups is 2. The average Bonchev–Trinajstić information content (AvgIpc) is 2.60. The zero-order valence-corrected chi connectivity index (χ0v) is 15.9. The van der Waals surface area contributed by atoms with Crippen molar-refractivity contribution in [2.24, 2.45) is 11.8 Å². The molecule has 0 bridgehead atoms. The van der Waals surface area contributed by atoms with Gasteiger partial charge >= 0.3 is 5.97 Å². The van der Waals surface area contributed by atoms with E-state index in [2.05, 4.69) is 0 Å². The molecule has 0 aromatic heterocycles. The lowest BCUT2D eigenvalue weighted by molar-refractivity contribution is -0.140. The Morgan fingerprint density at radius 1 is 1.15 bits per heavy atom. The van der Waals surface area contributed by atoms with E-state index in [9.17, 15) is 18.4 Å². The molecule has 2 rings (SSSR count). The Morgan fingerprint density at radius 2 is 1.78 bits per heavy atom. The van der Waals surface area contributed by atoms with Gasteiger partial charge in [0, 0.05) is 17.4 Å². The highest BCUT2D eigenvalue weighted by atomic mass is 35.5. The molecular weight excluding hydrogens is 374 g/mol. The highest BCUT2D eigenvalue weighted by molar-refractivity contribution is 6.30. The van der Waals surface area contributed by atoms with Gasteiger partial charge in [0.15, 0.2) is 0 Å². The van der Waals surface area contributed by atoms with Gasteiger partial charge in [0.05, 0.1) is 0 Å². The molecule has 1 unspecified atom stereocenters. The van der Waals surface area contributed by atoms with E-state index < -0.39 is 23.7 Å². The van der Waals surface area contributed by atoms with Gasteiger partial charge in [-0.25, -0.2) is 8.78 Å². The van der Waals surface area contributed by atoms with E-state index in [0.29, 0.717) is 22.4 Å². The fraction of sp³-hybridized carbons (Fsp3) is 0.333. The number of hydrogen-bond acceptors (Lipinski definition) is 3. The lowest BCUT2D eigenvalue weighted by Gasteiger charge is -2.20. The fourth-order valence-electron chi connectivity index (χ4n) is 2.43. The van der Waals surface area contributed by atoms with Crippen molar-refractivity contribution in [1.82, 2.24) is 0 Å². The van der Waals surface area contributed by atoms with Crippen LogP contribution in [0.4, 0.5) is 8.78 Å². The Balaban J connectivity index is 2.01. The van der Waals surface area contributed by atoms with Gasteiger partial charge in [-0.3, -0.25) is 4.79 Å². The summed E-state index contributed by atoms with van der Waals surface area (Å²) in [7, 11) is 0. The van der Waals surface area contributed by atoms with Gasteiger partial charge in [-0.05, 0) is 35.7 Å². The van der Waals surface area contributed by atoms with Crippen LogP contribution in [0.3, 0.4) is 0 Å². The number of halogens is 3. The summed E-state index contributed by atoms with van der Waals surface area (Å²) in [5, 5.41) is 0.414. The standard InChI is InChI=1S/C21H21ClF2O3/c1-14(2)21(23,24)12-16-8-6-15(7-9-16)10-17(13-25)20(26)27-19-5-3-4-18(22)11-19/h3-9,11,13-14,17H,10,12H2,1-2H3. The molecule has 0 aliphatic rings. The molecule has 27 heavy (non-hydrogen) atoms. The quantitative estimate of drug-likeness (QED) is 0.269. The number of carbonyl (C=O) groups excluding carboxylic acids is 2. The van der Waals surface area contributed by atoms with E-state index in [1.54, 1.807) is 42.5 Å². The monoisotopic (exact) mass is 394 g/mol. The second-order valence-electron chi connectivity index (χ2n) is 6.73. The molecule has 2 aromatic carbocycles. The van der Waals surface area contributed by atoms with E-state index in [1.165, 1.54) is 19.9 Å². The molecule has 0 fully saturated rings. The highest BCUT2D eigenvalue weighted by Gasteiger charge is 2.33. The van der Waals surface area contributed by atoms with Gasteiger partial charge in [-0.15, -0.1) is 0 Å². The fourth-order valence-corrected chi connectivity index (χ4v) is 2.61. The molecule has 6 heteroatoms. The van der Waals surface area contributed by atoms with Crippen LogP contribution in [0.25, 0.3) is 0 Å². The summed E-state index contributed by atoms with van der Waals surface area (Å²) in [5.74, 6) is -4.97. The van der Waals surface area contributed by atoms with Gasteiger partial charge in [0.25, 0.3) is 5.92 Å². The lowest BCUT2D eigenvalue weighted by Crippen LogP contribution is -2.26. The Hall–Kier alpha value is -2.27. The Kier molecular flexibility index (Phi) is 7.08. The van der Waals surface area contributed by atoms with Crippen molar-refractivity contribution in [3.63, 3.8) is 0 Å². The summed E-state index contributed by atoms with van der Waals surface area (Å²) in [4.78, 5) is 23.5. The van der Waals surface area contributed by atoms with Gasteiger partial charge in [0.1, 0.15) is 18.0 Å². The van der Waals surface area contributed by atoms with Crippen LogP contribution in [0.15, 0.2) is 48.5 Å². The summed E-state index contributed by atoms with van der Waals surface area (Å²) in [5.41, 5.74) is 1.19. The van der Waals surface area contributed by atoms with Crippen molar-refractivity contribution in [3.8, 4) is 5.75 Å². The first-order chi connectivity index (χ1) is 12.7. The number of esters is 1. The zero-order valence-electron chi connectivity index (χ0n) is 15.1. The van der Waals surface area contributed by atoms with E-state index in [1.807, 2.05) is 0 Å². The molecule has 1 atom stereocenters. The summed E-state index contributed by atoms with van der Waals surface area (Å²) in [6, 6.07) is 12.8. The van der Waals surface area contributed by atoms with Crippen LogP contribution in [-0.4, -0.2) is 18.2 Å². The maximum atomic E-state index is 13.8. The van der Waals surface area contributed by atoms with Crippen molar-refractivity contribution in [2.45, 2.75) is 32.6 Å². The number of benzene rings is 2. The largest absolute Gasteiger partial charge is 0.426 e. The molecular formula is C21H21ClF2O3. The summed E-state index contributed by atoms with van der Waals surface area (Å²) >= 11 is 5.84. The molecule has 0 aliphatic carbocycles. The number of ether oxygens (including phenoxy) is 1. The maximum Gasteiger partial charge on any atom is 0.321 e. The lowest BCUT2D eigenvalue weighted by atomic mass is 9.95. The Labute approximate surface area is 162 Å². The van der Waals surface area contributed by atoms with Gasteiger partial charge in [0.2, 0.25) is 0 Å². The van der Waals surface area contributed by atoms with E-state index >= 15 is 0 Å². The Morgan fingerprint density at radius 3 is 2.33 bits per heavy atom. The second-order valence-corrected chi connectivity index (χ2v) is 7.17. The predicted octanol–water partition coefficient (Wildman–Crippen LogP) is 5.14. The van der Waals surface area contributed by atoms with Crippen molar-refractivity contribution in [2.75, 3.05) is 0 Å². The summed E-state index contributed by atoms with van der Waals surface area (Å²) in [6.45, 7) is 2.96. The van der Waals surface area contributed by atoms with Crippen LogP contribution in [0.2, 0.25) is 5.02 Å². The van der Waals surface area contributed by atoms with Crippen LogP contribution >= 0.6 is 11.6 Å². The second kappa shape index (κ2) is 9.09. The minimum absolute atomic E-state index is 0.129. The third kappa shape index (κ3) is 6.14. The molecule has 0 aliphatic heterocycles. The van der Waals surface area contributed by atoms with Crippen LogP contribution in [0.1, 0.15) is 25.0 Å².